The van der Waals surface area contributed by atoms with Crippen LogP contribution in [0.25, 0.3) is 5.65 Å². The third-order valence-corrected chi connectivity index (χ3v) is 2.19. The Balaban J connectivity index is 2.38. The molecule has 0 fully saturated rings. The molecule has 82 valence electrons. The fourth-order valence-electron chi connectivity index (χ4n) is 1.53. The Hall–Kier alpha value is -2.06. The zero-order chi connectivity index (χ0) is 11.4. The van der Waals surface area contributed by atoms with E-state index in [0.29, 0.717) is 12.3 Å². The predicted octanol–water partition coefficient (Wildman–Crippen LogP) is 0.738. The van der Waals surface area contributed by atoms with Crippen LogP contribution in [0.15, 0.2) is 24.5 Å². The number of ether oxygens (including phenoxy) is 1. The molecule has 5 heteroatoms. The highest BCUT2D eigenvalue weighted by atomic mass is 16.5. The summed E-state index contributed by atoms with van der Waals surface area (Å²) in [4.78, 5) is 4.40. The zero-order valence-electron chi connectivity index (χ0n) is 8.76. The lowest BCUT2D eigenvalue weighted by atomic mass is 10.3. The summed E-state index contributed by atoms with van der Waals surface area (Å²) in [5.74, 6) is 0.618. The zero-order valence-corrected chi connectivity index (χ0v) is 8.76. The van der Waals surface area contributed by atoms with E-state index in [1.165, 1.54) is 0 Å². The summed E-state index contributed by atoms with van der Waals surface area (Å²) in [7, 11) is 0. The monoisotopic (exact) mass is 216 g/mol. The molecule has 0 radical (unpaired) electrons. The molecule has 2 rings (SSSR count). The molecule has 0 saturated heterocycles. The molecular formula is C11H12N4O. The summed E-state index contributed by atoms with van der Waals surface area (Å²) in [6, 6.07) is 5.59. The van der Waals surface area contributed by atoms with Crippen molar-refractivity contribution < 1.29 is 4.74 Å². The minimum atomic E-state index is 0.0265. The van der Waals surface area contributed by atoms with Crippen LogP contribution >= 0.6 is 0 Å². The summed E-state index contributed by atoms with van der Waals surface area (Å²) in [6.45, 7) is 0.594. The molecule has 0 atom stereocenters. The fourth-order valence-corrected chi connectivity index (χ4v) is 1.53. The van der Waals surface area contributed by atoms with Gasteiger partial charge >= 0.3 is 0 Å². The Morgan fingerprint density at radius 1 is 1.56 bits per heavy atom. The van der Waals surface area contributed by atoms with E-state index < -0.39 is 0 Å². The first-order valence-corrected chi connectivity index (χ1v) is 5.01. The highest BCUT2D eigenvalue weighted by molar-refractivity contribution is 5.54. The topological polar surface area (TPSA) is 76.3 Å². The number of fused-ring (bicyclic) bond motifs is 1. The van der Waals surface area contributed by atoms with Gasteiger partial charge in [-0.15, -0.1) is 0 Å². The maximum atomic E-state index is 8.47. The molecule has 0 bridgehead atoms. The number of hydrogen-bond acceptors (Lipinski definition) is 4. The van der Waals surface area contributed by atoms with E-state index in [0.717, 1.165) is 17.8 Å². The van der Waals surface area contributed by atoms with Gasteiger partial charge in [-0.1, -0.05) is 0 Å². The molecule has 2 N–H and O–H groups in total. The highest BCUT2D eigenvalue weighted by Crippen LogP contribution is 2.18. The highest BCUT2D eigenvalue weighted by Gasteiger charge is 2.06. The third-order valence-electron chi connectivity index (χ3n) is 2.19. The van der Waals surface area contributed by atoms with Gasteiger partial charge in [-0.3, -0.25) is 0 Å². The number of rotatable bonds is 4. The number of pyridine rings is 1. The van der Waals surface area contributed by atoms with E-state index in [1.807, 2.05) is 28.9 Å². The van der Waals surface area contributed by atoms with Crippen molar-refractivity contribution >= 4 is 5.65 Å². The molecule has 16 heavy (non-hydrogen) atoms. The van der Waals surface area contributed by atoms with E-state index in [-0.39, 0.29) is 6.61 Å². The van der Waals surface area contributed by atoms with Crippen molar-refractivity contribution in [3.8, 4) is 11.8 Å². The molecule has 0 saturated carbocycles. The van der Waals surface area contributed by atoms with Gasteiger partial charge in [0.1, 0.15) is 6.07 Å². The van der Waals surface area contributed by atoms with Crippen molar-refractivity contribution in [1.82, 2.24) is 9.38 Å². The number of nitrogens with two attached hydrogens (primary N) is 1. The van der Waals surface area contributed by atoms with Crippen LogP contribution in [0.1, 0.15) is 5.69 Å². The summed E-state index contributed by atoms with van der Waals surface area (Å²) in [5.41, 5.74) is 7.13. The van der Waals surface area contributed by atoms with Gasteiger partial charge in [0.25, 0.3) is 0 Å². The van der Waals surface area contributed by atoms with Gasteiger partial charge < -0.3 is 14.9 Å². The summed E-state index contributed by atoms with van der Waals surface area (Å²) in [5, 5.41) is 8.47. The molecule has 0 aliphatic carbocycles. The smallest absolute Gasteiger partial charge is 0.179 e. The molecule has 2 aromatic heterocycles. The molecule has 0 amide bonds. The Kier molecular flexibility index (Phi) is 3.03. The fraction of sp³-hybridized carbons (Fsp3) is 0.273. The van der Waals surface area contributed by atoms with Gasteiger partial charge in [0.05, 0.1) is 5.69 Å². The van der Waals surface area contributed by atoms with Crippen LogP contribution in [-0.4, -0.2) is 22.5 Å². The second-order valence-electron chi connectivity index (χ2n) is 3.32. The Morgan fingerprint density at radius 3 is 3.19 bits per heavy atom. The molecule has 0 aliphatic heterocycles. The lowest BCUT2D eigenvalue weighted by molar-refractivity contribution is 0.370. The quantitative estimate of drug-likeness (QED) is 0.817. The van der Waals surface area contributed by atoms with Crippen LogP contribution in [-0.2, 0) is 6.42 Å². The first-order chi connectivity index (χ1) is 7.85. The summed E-state index contributed by atoms with van der Waals surface area (Å²) < 4.78 is 7.16. The molecule has 0 aromatic carbocycles. The molecular weight excluding hydrogens is 204 g/mol. The second kappa shape index (κ2) is 4.64. The van der Waals surface area contributed by atoms with Crippen molar-refractivity contribution in [3.63, 3.8) is 0 Å². The maximum Gasteiger partial charge on any atom is 0.179 e. The van der Waals surface area contributed by atoms with Crippen LogP contribution in [0.3, 0.4) is 0 Å². The Labute approximate surface area is 93.1 Å². The van der Waals surface area contributed by atoms with Gasteiger partial charge in [-0.05, 0) is 18.7 Å². The predicted molar refractivity (Wildman–Crippen MR) is 59.1 cm³/mol. The molecule has 0 unspecified atom stereocenters. The third kappa shape index (κ3) is 1.97. The number of aromatic nitrogens is 2. The van der Waals surface area contributed by atoms with Gasteiger partial charge in [0.15, 0.2) is 18.0 Å². The van der Waals surface area contributed by atoms with Crippen LogP contribution in [0.5, 0.6) is 5.75 Å². The van der Waals surface area contributed by atoms with Gasteiger partial charge in [-0.2, -0.15) is 5.26 Å². The van der Waals surface area contributed by atoms with Crippen LogP contribution in [0, 0.1) is 11.3 Å². The molecule has 2 aromatic rings. The van der Waals surface area contributed by atoms with Crippen molar-refractivity contribution in [2.45, 2.75) is 6.42 Å². The second-order valence-corrected chi connectivity index (χ2v) is 3.32. The average Bonchev–Trinajstić information content (AvgIpc) is 2.69. The summed E-state index contributed by atoms with van der Waals surface area (Å²) in [6.07, 6.45) is 4.54. The van der Waals surface area contributed by atoms with Crippen LogP contribution in [0.4, 0.5) is 0 Å². The number of nitriles is 1. The maximum absolute atomic E-state index is 8.47. The molecule has 2 heterocycles. The van der Waals surface area contributed by atoms with Gasteiger partial charge in [0, 0.05) is 18.8 Å². The van der Waals surface area contributed by atoms with E-state index in [1.54, 1.807) is 6.07 Å². The largest absolute Gasteiger partial charge is 0.475 e. The first-order valence-electron chi connectivity index (χ1n) is 5.01. The lowest BCUT2D eigenvalue weighted by Crippen LogP contribution is -2.02. The first kappa shape index (κ1) is 10.5. The van der Waals surface area contributed by atoms with Crippen molar-refractivity contribution in [2.75, 3.05) is 13.2 Å². The molecule has 0 spiro atoms. The van der Waals surface area contributed by atoms with E-state index >= 15 is 0 Å². The van der Waals surface area contributed by atoms with E-state index in [4.69, 9.17) is 15.7 Å². The van der Waals surface area contributed by atoms with E-state index in [9.17, 15) is 0 Å². The molecule has 5 nitrogen and oxygen atoms in total. The minimum absolute atomic E-state index is 0.0265. The van der Waals surface area contributed by atoms with Crippen molar-refractivity contribution in [1.29, 1.82) is 5.26 Å². The standard InChI is InChI=1S/C11H12N4O/c12-4-3-9-8-15-6-1-2-10(11(15)14-9)16-7-5-13/h1-2,6,8H,3-4,7,12H2. The Bertz CT molecular complexity index is 526. The van der Waals surface area contributed by atoms with Crippen molar-refractivity contribution in [2.24, 2.45) is 5.73 Å². The SMILES string of the molecule is N#CCOc1cccn2cc(CCN)nc12. The summed E-state index contributed by atoms with van der Waals surface area (Å²) >= 11 is 0. The van der Waals surface area contributed by atoms with Gasteiger partial charge in [-0.25, -0.2) is 4.98 Å². The van der Waals surface area contributed by atoms with E-state index in [2.05, 4.69) is 4.98 Å². The number of imidazole rings is 1. The van der Waals surface area contributed by atoms with Gasteiger partial charge in [0.2, 0.25) is 0 Å². The van der Waals surface area contributed by atoms with Crippen molar-refractivity contribution in [3.05, 3.63) is 30.2 Å². The Morgan fingerprint density at radius 2 is 2.44 bits per heavy atom. The normalized spacial score (nSPS) is 10.2. The number of nitrogens with zero attached hydrogens (tertiary/aromatic N) is 3. The molecule has 0 aliphatic rings. The number of hydrogen-bond donors (Lipinski definition) is 1. The minimum Gasteiger partial charge on any atom is -0.475 e. The van der Waals surface area contributed by atoms with Crippen LogP contribution < -0.4 is 10.5 Å². The lowest BCUT2D eigenvalue weighted by Gasteiger charge is -2.01. The average molecular weight is 216 g/mol. The van der Waals surface area contributed by atoms with Crippen LogP contribution in [0.2, 0.25) is 0 Å².